The molecule has 0 saturated carbocycles. The smallest absolute Gasteiger partial charge is 0.175 e. The topological polar surface area (TPSA) is 59.1 Å². The van der Waals surface area contributed by atoms with E-state index in [-0.39, 0.29) is 4.90 Å². The molecule has 1 N–H and O–H groups in total. The third-order valence-corrected chi connectivity index (χ3v) is 3.61. The lowest BCUT2D eigenvalue weighted by Gasteiger charge is -2.06. The highest BCUT2D eigenvalue weighted by atomic mass is 35.5. The van der Waals surface area contributed by atoms with Crippen molar-refractivity contribution in [1.82, 2.24) is 4.98 Å². The molecule has 1 aromatic carbocycles. The van der Waals surface area contributed by atoms with Gasteiger partial charge in [-0.25, -0.2) is 13.4 Å². The van der Waals surface area contributed by atoms with Crippen LogP contribution in [0.3, 0.4) is 0 Å². The number of benzene rings is 1. The molecule has 6 heteroatoms. The molecule has 4 nitrogen and oxygen atoms in total. The number of pyridine rings is 1. The number of sulfone groups is 1. The molecule has 1 aromatic heterocycles. The molecule has 2 aromatic rings. The van der Waals surface area contributed by atoms with Gasteiger partial charge in [0.15, 0.2) is 9.84 Å². The number of hydrogen-bond donors (Lipinski definition) is 1. The highest BCUT2D eigenvalue weighted by molar-refractivity contribution is 7.90. The first-order valence-electron chi connectivity index (χ1n) is 5.15. The van der Waals surface area contributed by atoms with Crippen LogP contribution in [0.4, 0.5) is 11.5 Å². The summed E-state index contributed by atoms with van der Waals surface area (Å²) < 4.78 is 22.6. The molecule has 0 spiro atoms. The Hall–Kier alpha value is -1.59. The van der Waals surface area contributed by atoms with Crippen LogP contribution in [0.1, 0.15) is 0 Å². The molecule has 2 rings (SSSR count). The second kappa shape index (κ2) is 4.96. The van der Waals surface area contributed by atoms with E-state index in [2.05, 4.69) is 10.3 Å². The molecular weight excluding hydrogens is 272 g/mol. The van der Waals surface area contributed by atoms with Gasteiger partial charge in [-0.15, -0.1) is 0 Å². The largest absolute Gasteiger partial charge is 0.340 e. The predicted molar refractivity (Wildman–Crippen MR) is 72.1 cm³/mol. The number of halogens is 1. The Bertz CT molecular complexity index is 654. The van der Waals surface area contributed by atoms with Crippen LogP contribution in [-0.2, 0) is 9.84 Å². The zero-order chi connectivity index (χ0) is 13.2. The van der Waals surface area contributed by atoms with Crippen LogP contribution in [0.15, 0.2) is 47.4 Å². The van der Waals surface area contributed by atoms with Gasteiger partial charge in [-0.1, -0.05) is 17.7 Å². The van der Waals surface area contributed by atoms with Crippen LogP contribution < -0.4 is 5.32 Å². The second-order valence-corrected chi connectivity index (χ2v) is 6.17. The Morgan fingerprint density at radius 2 is 1.78 bits per heavy atom. The van der Waals surface area contributed by atoms with Gasteiger partial charge in [0.1, 0.15) is 11.0 Å². The highest BCUT2D eigenvalue weighted by Crippen LogP contribution is 2.18. The van der Waals surface area contributed by atoms with Crippen molar-refractivity contribution in [3.8, 4) is 0 Å². The summed E-state index contributed by atoms with van der Waals surface area (Å²) in [6.07, 6.45) is 1.17. The summed E-state index contributed by atoms with van der Waals surface area (Å²) in [5.41, 5.74) is 0.747. The van der Waals surface area contributed by atoms with Crippen molar-refractivity contribution in [2.75, 3.05) is 11.6 Å². The van der Waals surface area contributed by atoms with Crippen molar-refractivity contribution in [3.63, 3.8) is 0 Å². The molecule has 0 fully saturated rings. The maximum Gasteiger partial charge on any atom is 0.175 e. The quantitative estimate of drug-likeness (QED) is 0.880. The lowest BCUT2D eigenvalue weighted by molar-refractivity contribution is 0.602. The van der Waals surface area contributed by atoms with E-state index in [0.717, 1.165) is 5.69 Å². The maximum absolute atomic E-state index is 11.3. The zero-order valence-corrected chi connectivity index (χ0v) is 11.2. The SMILES string of the molecule is CS(=O)(=O)c1ccc(Nc2cccc(Cl)n2)cc1. The number of nitrogens with zero attached hydrogens (tertiary/aromatic N) is 1. The second-order valence-electron chi connectivity index (χ2n) is 3.77. The fraction of sp³-hybridized carbons (Fsp3) is 0.0833. The molecule has 0 bridgehead atoms. The number of anilines is 2. The number of hydrogen-bond acceptors (Lipinski definition) is 4. The standard InChI is InChI=1S/C12H11ClN2O2S/c1-18(16,17)10-7-5-9(6-8-10)14-12-4-2-3-11(13)15-12/h2-8H,1H3,(H,14,15). The van der Waals surface area contributed by atoms with Gasteiger partial charge in [-0.2, -0.15) is 0 Å². The third kappa shape index (κ3) is 3.21. The zero-order valence-electron chi connectivity index (χ0n) is 9.59. The minimum absolute atomic E-state index is 0.284. The molecule has 0 saturated heterocycles. The van der Waals surface area contributed by atoms with E-state index in [9.17, 15) is 8.42 Å². The fourth-order valence-electron chi connectivity index (χ4n) is 1.41. The minimum Gasteiger partial charge on any atom is -0.340 e. The Labute approximate surface area is 111 Å². The van der Waals surface area contributed by atoms with Crippen molar-refractivity contribution >= 4 is 32.9 Å². The van der Waals surface area contributed by atoms with E-state index in [0.29, 0.717) is 11.0 Å². The Kier molecular flexibility index (Phi) is 3.54. The molecule has 0 aliphatic rings. The van der Waals surface area contributed by atoms with Crippen molar-refractivity contribution in [2.24, 2.45) is 0 Å². The molecule has 0 unspecified atom stereocenters. The van der Waals surface area contributed by atoms with Gasteiger partial charge < -0.3 is 5.32 Å². The van der Waals surface area contributed by atoms with Gasteiger partial charge in [0.05, 0.1) is 4.90 Å². The lowest BCUT2D eigenvalue weighted by Crippen LogP contribution is -1.98. The Morgan fingerprint density at radius 3 is 2.33 bits per heavy atom. The summed E-state index contributed by atoms with van der Waals surface area (Å²) in [6, 6.07) is 11.7. The van der Waals surface area contributed by atoms with Gasteiger partial charge in [0.2, 0.25) is 0 Å². The molecule has 1 heterocycles. The van der Waals surface area contributed by atoms with E-state index in [4.69, 9.17) is 11.6 Å². The summed E-state index contributed by atoms with van der Waals surface area (Å²) in [5, 5.41) is 3.43. The van der Waals surface area contributed by atoms with Crippen LogP contribution in [0, 0.1) is 0 Å². The maximum atomic E-state index is 11.3. The van der Waals surface area contributed by atoms with Crippen LogP contribution in [-0.4, -0.2) is 19.7 Å². The third-order valence-electron chi connectivity index (χ3n) is 2.27. The van der Waals surface area contributed by atoms with Crippen molar-refractivity contribution in [1.29, 1.82) is 0 Å². The van der Waals surface area contributed by atoms with E-state index in [1.807, 2.05) is 0 Å². The van der Waals surface area contributed by atoms with Crippen LogP contribution in [0.2, 0.25) is 5.15 Å². The summed E-state index contributed by atoms with van der Waals surface area (Å²) in [6.45, 7) is 0. The van der Waals surface area contributed by atoms with Crippen molar-refractivity contribution in [2.45, 2.75) is 4.90 Å². The van der Waals surface area contributed by atoms with E-state index in [1.165, 1.54) is 6.26 Å². The van der Waals surface area contributed by atoms with Gasteiger partial charge in [0.25, 0.3) is 0 Å². The molecule has 0 atom stereocenters. The average molecular weight is 283 g/mol. The molecule has 0 amide bonds. The number of rotatable bonds is 3. The van der Waals surface area contributed by atoms with E-state index in [1.54, 1.807) is 42.5 Å². The molecule has 0 aliphatic heterocycles. The first-order valence-corrected chi connectivity index (χ1v) is 7.42. The van der Waals surface area contributed by atoms with Crippen LogP contribution in [0.5, 0.6) is 0 Å². The first-order chi connectivity index (χ1) is 8.45. The Morgan fingerprint density at radius 1 is 1.11 bits per heavy atom. The minimum atomic E-state index is -3.16. The van der Waals surface area contributed by atoms with E-state index < -0.39 is 9.84 Å². The summed E-state index contributed by atoms with van der Waals surface area (Å²) in [4.78, 5) is 4.36. The summed E-state index contributed by atoms with van der Waals surface area (Å²) in [5.74, 6) is 0.606. The van der Waals surface area contributed by atoms with E-state index >= 15 is 0 Å². The van der Waals surface area contributed by atoms with Crippen molar-refractivity contribution in [3.05, 3.63) is 47.6 Å². The molecule has 94 valence electrons. The Balaban J connectivity index is 2.21. The van der Waals surface area contributed by atoms with Crippen LogP contribution in [0.25, 0.3) is 0 Å². The monoisotopic (exact) mass is 282 g/mol. The molecule has 18 heavy (non-hydrogen) atoms. The van der Waals surface area contributed by atoms with Gasteiger partial charge >= 0.3 is 0 Å². The van der Waals surface area contributed by atoms with Crippen molar-refractivity contribution < 1.29 is 8.42 Å². The van der Waals surface area contributed by atoms with Gasteiger partial charge in [-0.3, -0.25) is 0 Å². The number of aromatic nitrogens is 1. The first kappa shape index (κ1) is 12.9. The van der Waals surface area contributed by atoms with Crippen LogP contribution >= 0.6 is 11.6 Å². The van der Waals surface area contributed by atoms with Gasteiger partial charge in [-0.05, 0) is 36.4 Å². The normalized spacial score (nSPS) is 11.2. The summed E-state index contributed by atoms with van der Waals surface area (Å²) in [7, 11) is -3.16. The molecular formula is C12H11ClN2O2S. The van der Waals surface area contributed by atoms with Gasteiger partial charge in [0, 0.05) is 11.9 Å². The average Bonchev–Trinajstić information content (AvgIpc) is 2.28. The summed E-state index contributed by atoms with van der Waals surface area (Å²) >= 11 is 5.77. The molecule has 0 radical (unpaired) electrons. The predicted octanol–water partition coefficient (Wildman–Crippen LogP) is 2.88. The number of nitrogens with one attached hydrogen (secondary N) is 1. The molecule has 0 aliphatic carbocycles. The lowest BCUT2D eigenvalue weighted by atomic mass is 10.3. The fourth-order valence-corrected chi connectivity index (χ4v) is 2.21. The highest BCUT2D eigenvalue weighted by Gasteiger charge is 2.06.